The quantitative estimate of drug-likeness (QED) is 0.490. The molecule has 0 unspecified atom stereocenters. The summed E-state index contributed by atoms with van der Waals surface area (Å²) in [5.74, 6) is 0. The van der Waals surface area contributed by atoms with Gasteiger partial charge >= 0.3 is 24.7 Å². The van der Waals surface area contributed by atoms with Gasteiger partial charge in [0.15, 0.2) is 0 Å². The molecule has 0 bridgehead atoms. The van der Waals surface area contributed by atoms with Crippen molar-refractivity contribution in [2.75, 3.05) is 0 Å². The second kappa shape index (κ2) is 9.80. The van der Waals surface area contributed by atoms with Crippen molar-refractivity contribution in [1.29, 1.82) is 0 Å². The van der Waals surface area contributed by atoms with Gasteiger partial charge in [0.1, 0.15) is 0 Å². The van der Waals surface area contributed by atoms with Crippen molar-refractivity contribution in [1.82, 2.24) is 0 Å². The Morgan fingerprint density at radius 3 is 0.696 bits per heavy atom. The van der Waals surface area contributed by atoms with E-state index in [0.29, 0.717) is 0 Å². The highest BCUT2D eigenvalue weighted by molar-refractivity contribution is 6.08. The molecule has 0 aliphatic rings. The highest BCUT2D eigenvalue weighted by Crippen LogP contribution is 2.33. The molecule has 0 heterocycles. The largest absolute Gasteiger partial charge is 0.423 e. The van der Waals surface area contributed by atoms with Crippen molar-refractivity contribution >= 4 is 16.3 Å². The minimum atomic E-state index is -5.63. The average Bonchev–Trinajstić information content (AvgIpc) is 2.24. The maximum Gasteiger partial charge on any atom is 0.423 e. The summed E-state index contributed by atoms with van der Waals surface area (Å²) in [5.41, 5.74) is 0. The van der Waals surface area contributed by atoms with Crippen molar-refractivity contribution in [2.45, 2.75) is 49.1 Å². The molecule has 142 valence electrons. The summed E-state index contributed by atoms with van der Waals surface area (Å²) in [5, 5.41) is 16.3. The summed E-state index contributed by atoms with van der Waals surface area (Å²) >= 11 is 1.37. The van der Waals surface area contributed by atoms with Crippen LogP contribution >= 0.6 is 0 Å². The third kappa shape index (κ3) is 14.9. The van der Waals surface area contributed by atoms with E-state index in [9.17, 15) is 52.7 Å². The fourth-order valence-corrected chi connectivity index (χ4v) is 0.371. The second-order valence-corrected chi connectivity index (χ2v) is 5.09. The van der Waals surface area contributed by atoms with Gasteiger partial charge in [-0.2, -0.15) is 52.7 Å². The van der Waals surface area contributed by atoms with Gasteiger partial charge in [-0.05, 0) is 0 Å². The van der Waals surface area contributed by atoms with Gasteiger partial charge in [0.05, 0.1) is 0 Å². The third-order valence-electron chi connectivity index (χ3n) is 1.24. The van der Waals surface area contributed by atoms with Gasteiger partial charge in [-0.15, -0.1) is 5.28 Å². The first-order valence-electron chi connectivity index (χ1n) is 5.35. The predicted octanol–water partition coefficient (Wildman–Crippen LogP) is 3.00. The molecule has 0 aromatic rings. The smallest absolute Gasteiger partial charge is 0.377 e. The van der Waals surface area contributed by atoms with Crippen molar-refractivity contribution < 1.29 is 62.9 Å². The first-order chi connectivity index (χ1) is 9.72. The number of rotatable bonds is 0. The van der Waals surface area contributed by atoms with Crippen LogP contribution in [-0.4, -0.2) is 63.4 Å². The van der Waals surface area contributed by atoms with Crippen LogP contribution in [0.5, 0.6) is 0 Å². The minimum Gasteiger partial charge on any atom is -0.377 e. The highest BCUT2D eigenvalue weighted by Gasteiger charge is 2.56. The van der Waals surface area contributed by atoms with Crippen LogP contribution in [0.15, 0.2) is 0 Å². The molecule has 0 fully saturated rings. The number of alkyl halides is 12. The number of hydrogen-bond acceptors (Lipinski definition) is 2. The Morgan fingerprint density at radius 1 is 0.609 bits per heavy atom. The lowest BCUT2D eigenvalue weighted by Gasteiger charge is -2.16. The van der Waals surface area contributed by atoms with E-state index in [1.54, 1.807) is 0 Å². The summed E-state index contributed by atoms with van der Waals surface area (Å²) < 4.78 is 132. The lowest BCUT2D eigenvalue weighted by molar-refractivity contribution is -0.309. The van der Waals surface area contributed by atoms with Crippen LogP contribution in [0.1, 0.15) is 6.92 Å². The summed E-state index contributed by atoms with van der Waals surface area (Å²) in [6.07, 6.45) is -31.0. The molecule has 0 aromatic carbocycles. The van der Waals surface area contributed by atoms with E-state index in [1.807, 2.05) is 0 Å². The van der Waals surface area contributed by atoms with Gasteiger partial charge in [0, 0.05) is 0 Å². The number of hydrogen-bond donors (Lipinski definition) is 2. The topological polar surface area (TPSA) is 40.5 Å². The van der Waals surface area contributed by atoms with Gasteiger partial charge in [-0.3, -0.25) is 0 Å². The molecule has 0 atom stereocenters. The molecule has 0 saturated heterocycles. The Hall–Kier alpha value is -0.388. The molecule has 2 nitrogen and oxygen atoms in total. The zero-order valence-corrected chi connectivity index (χ0v) is 13.3. The minimum absolute atomic E-state index is 1.37. The Labute approximate surface area is 129 Å². The summed E-state index contributed by atoms with van der Waals surface area (Å²) in [6.45, 7) is 2.19. The van der Waals surface area contributed by atoms with Gasteiger partial charge in [0.2, 0.25) is 28.5 Å². The molecule has 0 radical (unpaired) electrons. The van der Waals surface area contributed by atoms with Crippen LogP contribution in [-0.2, 0) is 0 Å². The van der Waals surface area contributed by atoms with Crippen molar-refractivity contribution in [2.24, 2.45) is 0 Å². The molecule has 0 rings (SSSR count). The van der Waals surface area contributed by atoms with E-state index >= 15 is 0 Å². The van der Waals surface area contributed by atoms with Gasteiger partial charge in [-0.1, -0.05) is 6.92 Å². The maximum atomic E-state index is 11.0. The first kappa shape index (κ1) is 27.5. The number of aliphatic hydroxyl groups is 2. The van der Waals surface area contributed by atoms with Crippen molar-refractivity contribution in [3.8, 4) is 0 Å². The maximum absolute atomic E-state index is 11.0. The average molecular weight is 394 g/mol. The Bertz CT molecular complexity index is 246. The Morgan fingerprint density at radius 2 is 0.696 bits per heavy atom. The van der Waals surface area contributed by atoms with Crippen LogP contribution in [0.2, 0.25) is 5.28 Å². The van der Waals surface area contributed by atoms with Crippen LogP contribution in [0.4, 0.5) is 52.7 Å². The van der Waals surface area contributed by atoms with E-state index in [1.165, 1.54) is 21.6 Å². The van der Waals surface area contributed by atoms with Crippen LogP contribution in [0.25, 0.3) is 0 Å². The Kier molecular flexibility index (Phi) is 11.7. The molecule has 0 aliphatic heterocycles. The molecule has 23 heavy (non-hydrogen) atoms. The molecule has 15 heteroatoms. The predicted molar refractivity (Wildman–Crippen MR) is 55.3 cm³/mol. The van der Waals surface area contributed by atoms with E-state index in [2.05, 4.69) is 6.92 Å². The van der Waals surface area contributed by atoms with Gasteiger partial charge in [0.25, 0.3) is 0 Å². The molecule has 0 amide bonds. The Balaban J connectivity index is -0.000000297. The number of aliphatic hydroxyl groups excluding tert-OH is 2. The first-order valence-corrected chi connectivity index (χ1v) is 6.77. The lowest BCUT2D eigenvalue weighted by atomic mass is 10.3. The zero-order chi connectivity index (χ0) is 19.9. The van der Waals surface area contributed by atoms with Gasteiger partial charge in [-0.25, -0.2) is 0 Å². The van der Waals surface area contributed by atoms with E-state index in [-0.39, 0.29) is 0 Å². The lowest BCUT2D eigenvalue weighted by Crippen LogP contribution is -2.41. The molecule has 0 saturated carbocycles. The molecule has 0 aliphatic carbocycles. The standard InChI is InChI=1S/2C3H2F6O.C2H5.Al.2H/c2*4-2(5,6)1(10)3(7,8)9;1-2;;;/h2*1,10H;1H2,2H3;;;. The SMILES string of the molecule is C[CH2][AlH2].OC(C(F)(F)F)C(F)(F)F.OC(C(F)(F)F)C(F)(F)F. The highest BCUT2D eigenvalue weighted by atomic mass is 27.0. The summed E-state index contributed by atoms with van der Waals surface area (Å²) in [7, 11) is 0. The van der Waals surface area contributed by atoms with Crippen LogP contribution < -0.4 is 0 Å². The normalized spacial score (nSPS) is 13.3. The molecular weight excluding hydrogens is 383 g/mol. The molecule has 2 N–H and O–H groups in total. The second-order valence-electron chi connectivity index (χ2n) is 3.68. The van der Waals surface area contributed by atoms with E-state index in [0.717, 1.165) is 0 Å². The van der Waals surface area contributed by atoms with E-state index in [4.69, 9.17) is 10.2 Å². The van der Waals surface area contributed by atoms with Gasteiger partial charge < -0.3 is 10.2 Å². The van der Waals surface area contributed by atoms with Crippen LogP contribution in [0, 0.1) is 0 Å². The van der Waals surface area contributed by atoms with E-state index < -0.39 is 36.9 Å². The molecule has 0 spiro atoms. The molecule has 0 aromatic heterocycles. The monoisotopic (exact) mass is 394 g/mol. The summed E-state index contributed by atoms with van der Waals surface area (Å²) in [6, 6.07) is 0. The number of halogens is 12. The molecular formula is C8H11AlF12O2. The van der Waals surface area contributed by atoms with Crippen molar-refractivity contribution in [3.63, 3.8) is 0 Å². The third-order valence-corrected chi connectivity index (χ3v) is 1.24. The van der Waals surface area contributed by atoms with Crippen LogP contribution in [0.3, 0.4) is 0 Å². The fourth-order valence-electron chi connectivity index (χ4n) is 0.371. The summed E-state index contributed by atoms with van der Waals surface area (Å²) in [4.78, 5) is 0. The fraction of sp³-hybridized carbons (Fsp3) is 1.00. The zero-order valence-electron chi connectivity index (χ0n) is 11.3. The van der Waals surface area contributed by atoms with Crippen molar-refractivity contribution in [3.05, 3.63) is 0 Å².